The first-order chi connectivity index (χ1) is 9.15. The zero-order valence-corrected chi connectivity index (χ0v) is 12.2. The van der Waals surface area contributed by atoms with Gasteiger partial charge in [0.2, 0.25) is 0 Å². The minimum Gasteiger partial charge on any atom is -0.481 e. The third-order valence-electron chi connectivity index (χ3n) is 3.09. The van der Waals surface area contributed by atoms with Crippen LogP contribution in [0.25, 0.3) is 0 Å². The van der Waals surface area contributed by atoms with E-state index in [-0.39, 0.29) is 19.5 Å². The molecule has 0 bridgehead atoms. The fraction of sp³-hybridized carbons (Fsp3) is 0.769. The first kappa shape index (κ1) is 16.3. The molecule has 1 saturated heterocycles. The van der Waals surface area contributed by atoms with Gasteiger partial charge in [-0.05, 0) is 27.2 Å². The molecule has 2 atom stereocenters. The van der Waals surface area contributed by atoms with Crippen molar-refractivity contribution in [3.8, 4) is 0 Å². The van der Waals surface area contributed by atoms with Gasteiger partial charge in [0.15, 0.2) is 0 Å². The number of carboxylic acid groups (broad SMARTS) is 1. The SMILES string of the molecule is COC(=O)[C@H]1CN(C(=O)OC(C)(C)C)CC[C@H]1C(=O)O. The number of aliphatic carboxylic acids is 1. The van der Waals surface area contributed by atoms with Gasteiger partial charge in [0.05, 0.1) is 18.9 Å². The second-order valence-electron chi connectivity index (χ2n) is 5.79. The van der Waals surface area contributed by atoms with Crippen LogP contribution < -0.4 is 0 Å². The summed E-state index contributed by atoms with van der Waals surface area (Å²) in [7, 11) is 1.20. The van der Waals surface area contributed by atoms with Crippen LogP contribution in [0.3, 0.4) is 0 Å². The largest absolute Gasteiger partial charge is 0.481 e. The summed E-state index contributed by atoms with van der Waals surface area (Å²) in [6, 6.07) is 0. The van der Waals surface area contributed by atoms with E-state index in [1.54, 1.807) is 20.8 Å². The van der Waals surface area contributed by atoms with E-state index in [9.17, 15) is 14.4 Å². The van der Waals surface area contributed by atoms with Gasteiger partial charge in [0, 0.05) is 13.1 Å². The quantitative estimate of drug-likeness (QED) is 0.765. The number of carboxylic acids is 1. The topological polar surface area (TPSA) is 93.1 Å². The van der Waals surface area contributed by atoms with E-state index in [1.165, 1.54) is 12.0 Å². The van der Waals surface area contributed by atoms with Gasteiger partial charge in [0.1, 0.15) is 5.60 Å². The van der Waals surface area contributed by atoms with Crippen molar-refractivity contribution in [2.75, 3.05) is 20.2 Å². The maximum Gasteiger partial charge on any atom is 0.410 e. The molecule has 1 amide bonds. The fourth-order valence-electron chi connectivity index (χ4n) is 2.13. The molecule has 0 aromatic heterocycles. The smallest absolute Gasteiger partial charge is 0.410 e. The van der Waals surface area contributed by atoms with Gasteiger partial charge >= 0.3 is 18.0 Å². The molecule has 0 unspecified atom stereocenters. The highest BCUT2D eigenvalue weighted by Crippen LogP contribution is 2.26. The highest BCUT2D eigenvalue weighted by Gasteiger charge is 2.41. The van der Waals surface area contributed by atoms with E-state index >= 15 is 0 Å². The number of amides is 1. The average Bonchev–Trinajstić information content (AvgIpc) is 2.34. The van der Waals surface area contributed by atoms with Crippen LogP contribution in [-0.2, 0) is 19.1 Å². The van der Waals surface area contributed by atoms with Crippen LogP contribution in [0.15, 0.2) is 0 Å². The average molecular weight is 287 g/mol. The molecule has 1 heterocycles. The summed E-state index contributed by atoms with van der Waals surface area (Å²) < 4.78 is 9.84. The Kier molecular flexibility index (Phi) is 4.97. The maximum absolute atomic E-state index is 12.0. The summed E-state index contributed by atoms with van der Waals surface area (Å²) in [6.45, 7) is 5.48. The summed E-state index contributed by atoms with van der Waals surface area (Å²) in [6.07, 6.45) is -0.343. The van der Waals surface area contributed by atoms with Gasteiger partial charge in [-0.25, -0.2) is 4.79 Å². The van der Waals surface area contributed by atoms with Crippen molar-refractivity contribution in [2.24, 2.45) is 11.8 Å². The molecule has 1 aliphatic rings. The van der Waals surface area contributed by atoms with Crippen LogP contribution in [0.1, 0.15) is 27.2 Å². The molecule has 1 aliphatic heterocycles. The van der Waals surface area contributed by atoms with Gasteiger partial charge in [-0.1, -0.05) is 0 Å². The molecule has 0 radical (unpaired) electrons. The zero-order chi connectivity index (χ0) is 15.5. The first-order valence-corrected chi connectivity index (χ1v) is 6.44. The van der Waals surface area contributed by atoms with Gasteiger partial charge in [-0.15, -0.1) is 0 Å². The van der Waals surface area contributed by atoms with Crippen molar-refractivity contribution in [2.45, 2.75) is 32.8 Å². The summed E-state index contributed by atoms with van der Waals surface area (Å²) in [4.78, 5) is 36.1. The molecule has 0 saturated carbocycles. The number of methoxy groups -OCH3 is 1. The van der Waals surface area contributed by atoms with Gasteiger partial charge in [0.25, 0.3) is 0 Å². The van der Waals surface area contributed by atoms with Crippen LogP contribution in [0, 0.1) is 11.8 Å². The Balaban J connectivity index is 2.78. The summed E-state index contributed by atoms with van der Waals surface area (Å²) in [5.41, 5.74) is -0.637. The Hall–Kier alpha value is -1.79. The lowest BCUT2D eigenvalue weighted by atomic mass is 9.85. The van der Waals surface area contributed by atoms with E-state index in [4.69, 9.17) is 9.84 Å². The van der Waals surface area contributed by atoms with E-state index in [0.29, 0.717) is 0 Å². The highest BCUT2D eigenvalue weighted by atomic mass is 16.6. The number of rotatable bonds is 2. The van der Waals surface area contributed by atoms with Crippen LogP contribution in [-0.4, -0.2) is 53.8 Å². The lowest BCUT2D eigenvalue weighted by molar-refractivity contribution is -0.158. The van der Waals surface area contributed by atoms with Crippen molar-refractivity contribution < 1.29 is 29.0 Å². The van der Waals surface area contributed by atoms with E-state index in [2.05, 4.69) is 4.74 Å². The minimum absolute atomic E-state index is 0.00144. The lowest BCUT2D eigenvalue weighted by Gasteiger charge is -2.35. The lowest BCUT2D eigenvalue weighted by Crippen LogP contribution is -2.50. The number of ether oxygens (including phenoxy) is 2. The standard InChI is InChI=1S/C13H21NO6/c1-13(2,3)20-12(18)14-6-5-8(10(15)16)9(7-14)11(17)19-4/h8-9H,5-7H2,1-4H3,(H,15,16)/t8-,9+/m1/s1. The Bertz CT molecular complexity index is 400. The second-order valence-corrected chi connectivity index (χ2v) is 5.79. The highest BCUT2D eigenvalue weighted by molar-refractivity contribution is 5.82. The van der Waals surface area contributed by atoms with Crippen molar-refractivity contribution in [3.63, 3.8) is 0 Å². The third kappa shape index (κ3) is 4.11. The number of piperidine rings is 1. The van der Waals surface area contributed by atoms with Crippen LogP contribution in [0.4, 0.5) is 4.79 Å². The van der Waals surface area contributed by atoms with Crippen molar-refractivity contribution in [3.05, 3.63) is 0 Å². The van der Waals surface area contributed by atoms with Crippen molar-refractivity contribution >= 4 is 18.0 Å². The van der Waals surface area contributed by atoms with Gasteiger partial charge in [-0.2, -0.15) is 0 Å². The number of hydrogen-bond donors (Lipinski definition) is 1. The summed E-state index contributed by atoms with van der Waals surface area (Å²) in [5, 5.41) is 9.12. The molecule has 114 valence electrons. The first-order valence-electron chi connectivity index (χ1n) is 6.44. The molecule has 1 N–H and O–H groups in total. The zero-order valence-electron chi connectivity index (χ0n) is 12.2. The number of carbonyl (C=O) groups excluding carboxylic acids is 2. The number of hydrogen-bond acceptors (Lipinski definition) is 5. The molecule has 20 heavy (non-hydrogen) atoms. The monoisotopic (exact) mass is 287 g/mol. The molecule has 0 spiro atoms. The molecular formula is C13H21NO6. The minimum atomic E-state index is -1.05. The summed E-state index contributed by atoms with van der Waals surface area (Å²) >= 11 is 0. The fourth-order valence-corrected chi connectivity index (χ4v) is 2.13. The van der Waals surface area contributed by atoms with E-state index in [1.807, 2.05) is 0 Å². The molecule has 7 heteroatoms. The summed E-state index contributed by atoms with van der Waals surface area (Å²) in [5.74, 6) is -3.37. The van der Waals surface area contributed by atoms with Crippen molar-refractivity contribution in [1.82, 2.24) is 4.90 Å². The normalized spacial score (nSPS) is 23.1. The van der Waals surface area contributed by atoms with Crippen LogP contribution >= 0.6 is 0 Å². The predicted molar refractivity (Wildman–Crippen MR) is 69.1 cm³/mol. The van der Waals surface area contributed by atoms with E-state index < -0.39 is 35.5 Å². The van der Waals surface area contributed by atoms with Crippen molar-refractivity contribution in [1.29, 1.82) is 0 Å². The van der Waals surface area contributed by atoms with Crippen LogP contribution in [0.5, 0.6) is 0 Å². The Morgan fingerprint density at radius 2 is 1.80 bits per heavy atom. The Labute approximate surface area is 117 Å². The number of carbonyl (C=O) groups is 3. The number of esters is 1. The molecule has 7 nitrogen and oxygen atoms in total. The molecule has 0 aromatic carbocycles. The molecule has 0 aromatic rings. The Morgan fingerprint density at radius 1 is 1.20 bits per heavy atom. The molecular weight excluding hydrogens is 266 g/mol. The van der Waals surface area contributed by atoms with Crippen LogP contribution in [0.2, 0.25) is 0 Å². The maximum atomic E-state index is 12.0. The van der Waals surface area contributed by atoms with Gasteiger partial charge in [-0.3, -0.25) is 9.59 Å². The van der Waals surface area contributed by atoms with E-state index in [0.717, 1.165) is 0 Å². The predicted octanol–water partition coefficient (Wildman–Crippen LogP) is 1.12. The molecule has 1 rings (SSSR count). The number of likely N-dealkylation sites (tertiary alicyclic amines) is 1. The number of nitrogens with zero attached hydrogens (tertiary/aromatic N) is 1. The molecule has 1 fully saturated rings. The second kappa shape index (κ2) is 6.11. The van der Waals surface area contributed by atoms with Gasteiger partial charge < -0.3 is 19.5 Å². The molecule has 0 aliphatic carbocycles. The third-order valence-corrected chi connectivity index (χ3v) is 3.09. The Morgan fingerprint density at radius 3 is 2.25 bits per heavy atom.